The molecule has 1 aromatic rings. The highest BCUT2D eigenvalue weighted by Crippen LogP contribution is 2.29. The Balaban J connectivity index is 3.25. The predicted octanol–water partition coefficient (Wildman–Crippen LogP) is 1.24. The Morgan fingerprint density at radius 2 is 2.11 bits per heavy atom. The van der Waals surface area contributed by atoms with Crippen LogP contribution in [0.1, 0.15) is 25.2 Å². The van der Waals surface area contributed by atoms with E-state index in [9.17, 15) is 14.7 Å². The van der Waals surface area contributed by atoms with Crippen LogP contribution in [-0.2, 0) is 22.6 Å². The van der Waals surface area contributed by atoms with Gasteiger partial charge in [0.15, 0.2) is 0 Å². The lowest BCUT2D eigenvalue weighted by Gasteiger charge is -2.23. The van der Waals surface area contributed by atoms with Crippen LogP contribution in [0, 0.1) is 12.3 Å². The van der Waals surface area contributed by atoms with Gasteiger partial charge in [0.1, 0.15) is 5.41 Å². The molecule has 6 nitrogen and oxygen atoms in total. The number of hydrogen-bond acceptors (Lipinski definition) is 3. The number of carboxylic acid groups (broad SMARTS) is 1. The van der Waals surface area contributed by atoms with Gasteiger partial charge in [0.25, 0.3) is 0 Å². The van der Waals surface area contributed by atoms with Gasteiger partial charge in [-0.25, -0.2) is 0 Å². The van der Waals surface area contributed by atoms with Gasteiger partial charge in [-0.3, -0.25) is 14.3 Å². The molecule has 1 amide bonds. The van der Waals surface area contributed by atoms with Crippen molar-refractivity contribution in [1.29, 1.82) is 0 Å². The summed E-state index contributed by atoms with van der Waals surface area (Å²) in [5.74, 6) is -1.75. The van der Waals surface area contributed by atoms with Crippen molar-refractivity contribution < 1.29 is 14.7 Å². The number of halogens is 1. The average molecular weight is 288 g/mol. The molecule has 1 unspecified atom stereocenters. The SMILES string of the molecule is CCn1nc(C)c(Cl)c1CC(C)(C(=O)O)C(=O)NC. The quantitative estimate of drug-likeness (QED) is 0.798. The van der Waals surface area contributed by atoms with Gasteiger partial charge < -0.3 is 10.4 Å². The molecule has 1 rings (SSSR count). The third kappa shape index (κ3) is 2.73. The van der Waals surface area contributed by atoms with Crippen LogP contribution < -0.4 is 5.32 Å². The van der Waals surface area contributed by atoms with Crippen LogP contribution in [0.2, 0.25) is 5.02 Å². The van der Waals surface area contributed by atoms with Crippen molar-refractivity contribution in [2.24, 2.45) is 5.41 Å². The zero-order valence-electron chi connectivity index (χ0n) is 11.5. The maximum absolute atomic E-state index is 11.8. The normalized spacial score (nSPS) is 13.9. The van der Waals surface area contributed by atoms with E-state index < -0.39 is 17.3 Å². The molecule has 1 heterocycles. The second-order valence-corrected chi connectivity index (χ2v) is 4.93. The molecule has 0 aliphatic rings. The number of carbonyl (C=O) groups is 2. The summed E-state index contributed by atoms with van der Waals surface area (Å²) in [5, 5.41) is 16.3. The first-order valence-electron chi connectivity index (χ1n) is 5.95. The molecule has 19 heavy (non-hydrogen) atoms. The second kappa shape index (κ2) is 5.61. The summed E-state index contributed by atoms with van der Waals surface area (Å²) in [5.41, 5.74) is -0.379. The molecule has 0 spiro atoms. The first-order chi connectivity index (χ1) is 8.77. The maximum atomic E-state index is 11.8. The Bertz CT molecular complexity index is 513. The van der Waals surface area contributed by atoms with Crippen LogP contribution in [0.15, 0.2) is 0 Å². The molecule has 0 saturated heterocycles. The maximum Gasteiger partial charge on any atom is 0.319 e. The Morgan fingerprint density at radius 1 is 1.53 bits per heavy atom. The second-order valence-electron chi connectivity index (χ2n) is 4.56. The molecule has 0 aliphatic carbocycles. The van der Waals surface area contributed by atoms with Crippen LogP contribution in [0.3, 0.4) is 0 Å². The fourth-order valence-electron chi connectivity index (χ4n) is 1.90. The molecule has 0 saturated carbocycles. The molecule has 106 valence electrons. The van der Waals surface area contributed by atoms with Gasteiger partial charge in [-0.15, -0.1) is 0 Å². The van der Waals surface area contributed by atoms with Crippen molar-refractivity contribution in [3.63, 3.8) is 0 Å². The summed E-state index contributed by atoms with van der Waals surface area (Å²) in [6.07, 6.45) is -0.00444. The van der Waals surface area contributed by atoms with Crippen LogP contribution >= 0.6 is 11.6 Å². The largest absolute Gasteiger partial charge is 0.480 e. The Kier molecular flexibility index (Phi) is 4.57. The molecular weight excluding hydrogens is 270 g/mol. The summed E-state index contributed by atoms with van der Waals surface area (Å²) in [6.45, 7) is 5.57. The molecule has 0 fully saturated rings. The average Bonchev–Trinajstić information content (AvgIpc) is 2.64. The summed E-state index contributed by atoms with van der Waals surface area (Å²) < 4.78 is 1.63. The third-order valence-electron chi connectivity index (χ3n) is 3.17. The summed E-state index contributed by atoms with van der Waals surface area (Å²) in [6, 6.07) is 0. The van der Waals surface area contributed by atoms with Gasteiger partial charge in [-0.05, 0) is 20.8 Å². The number of nitrogens with one attached hydrogen (secondary N) is 1. The summed E-state index contributed by atoms with van der Waals surface area (Å²) in [4.78, 5) is 23.2. The van der Waals surface area contributed by atoms with E-state index >= 15 is 0 Å². The van der Waals surface area contributed by atoms with E-state index in [0.29, 0.717) is 23.0 Å². The van der Waals surface area contributed by atoms with Gasteiger partial charge in [-0.2, -0.15) is 5.10 Å². The summed E-state index contributed by atoms with van der Waals surface area (Å²) >= 11 is 6.14. The highest BCUT2D eigenvalue weighted by Gasteiger charge is 2.42. The van der Waals surface area contributed by atoms with Crippen molar-refractivity contribution in [1.82, 2.24) is 15.1 Å². The minimum absolute atomic E-state index is 0.00444. The van der Waals surface area contributed by atoms with Crippen LogP contribution in [0.5, 0.6) is 0 Å². The molecule has 0 radical (unpaired) electrons. The van der Waals surface area contributed by atoms with Crippen molar-refractivity contribution in [2.45, 2.75) is 33.7 Å². The van der Waals surface area contributed by atoms with Crippen molar-refractivity contribution >= 4 is 23.5 Å². The first-order valence-corrected chi connectivity index (χ1v) is 6.33. The number of aromatic nitrogens is 2. The lowest BCUT2D eigenvalue weighted by molar-refractivity contribution is -0.154. The number of aliphatic carboxylic acids is 1. The Hall–Kier alpha value is -1.56. The standard InChI is InChI=1S/C12H18ClN3O3/c1-5-16-8(9(13)7(2)15-16)6-12(3,11(18)19)10(17)14-4/h5-6H2,1-4H3,(H,14,17)(H,18,19). The van der Waals surface area contributed by atoms with E-state index in [1.165, 1.54) is 14.0 Å². The third-order valence-corrected chi connectivity index (χ3v) is 3.67. The smallest absolute Gasteiger partial charge is 0.319 e. The van der Waals surface area contributed by atoms with Crippen molar-refractivity contribution in [3.8, 4) is 0 Å². The van der Waals surface area contributed by atoms with Crippen LogP contribution in [0.4, 0.5) is 0 Å². The van der Waals surface area contributed by atoms with E-state index in [4.69, 9.17) is 11.6 Å². The number of amides is 1. The molecule has 0 bridgehead atoms. The van der Waals surface area contributed by atoms with E-state index in [1.807, 2.05) is 6.92 Å². The van der Waals surface area contributed by atoms with Gasteiger partial charge in [0, 0.05) is 20.0 Å². The zero-order chi connectivity index (χ0) is 14.8. The molecule has 7 heteroatoms. The highest BCUT2D eigenvalue weighted by molar-refractivity contribution is 6.32. The van der Waals surface area contributed by atoms with E-state index in [1.54, 1.807) is 11.6 Å². The van der Waals surface area contributed by atoms with Gasteiger partial charge in [0.2, 0.25) is 5.91 Å². The molecule has 1 aromatic heterocycles. The zero-order valence-corrected chi connectivity index (χ0v) is 12.2. The minimum Gasteiger partial charge on any atom is -0.480 e. The Morgan fingerprint density at radius 3 is 2.53 bits per heavy atom. The highest BCUT2D eigenvalue weighted by atomic mass is 35.5. The van der Waals surface area contributed by atoms with Crippen molar-refractivity contribution in [2.75, 3.05) is 7.05 Å². The molecule has 1 atom stereocenters. The first kappa shape index (κ1) is 15.5. The number of hydrogen-bond donors (Lipinski definition) is 2. The fourth-order valence-corrected chi connectivity index (χ4v) is 2.10. The number of aryl methyl sites for hydroxylation is 2. The Labute approximate surface area is 116 Å². The van der Waals surface area contributed by atoms with E-state index in [2.05, 4.69) is 10.4 Å². The molecule has 0 aromatic carbocycles. The van der Waals surface area contributed by atoms with E-state index in [-0.39, 0.29) is 6.42 Å². The molecular formula is C12H18ClN3O3. The van der Waals surface area contributed by atoms with Gasteiger partial charge in [0.05, 0.1) is 16.4 Å². The van der Waals surface area contributed by atoms with E-state index in [0.717, 1.165) is 0 Å². The lowest BCUT2D eigenvalue weighted by atomic mass is 9.84. The van der Waals surface area contributed by atoms with Gasteiger partial charge >= 0.3 is 5.97 Å². The van der Waals surface area contributed by atoms with Gasteiger partial charge in [-0.1, -0.05) is 11.6 Å². The lowest BCUT2D eigenvalue weighted by Crippen LogP contribution is -2.45. The minimum atomic E-state index is -1.57. The monoisotopic (exact) mass is 287 g/mol. The van der Waals surface area contributed by atoms with Crippen LogP contribution in [0.25, 0.3) is 0 Å². The topological polar surface area (TPSA) is 84.2 Å². The summed E-state index contributed by atoms with van der Waals surface area (Å²) in [7, 11) is 1.41. The number of rotatable bonds is 5. The number of carbonyl (C=O) groups excluding carboxylic acids is 1. The fraction of sp³-hybridized carbons (Fsp3) is 0.583. The predicted molar refractivity (Wildman–Crippen MR) is 71.2 cm³/mol. The van der Waals surface area contributed by atoms with Crippen LogP contribution in [-0.4, -0.2) is 33.8 Å². The van der Waals surface area contributed by atoms with Crippen molar-refractivity contribution in [3.05, 3.63) is 16.4 Å². The number of carboxylic acids is 1. The molecule has 2 N–H and O–H groups in total. The number of nitrogens with zero attached hydrogens (tertiary/aromatic N) is 2. The molecule has 0 aliphatic heterocycles.